The van der Waals surface area contributed by atoms with E-state index in [1.54, 1.807) is 0 Å². The lowest BCUT2D eigenvalue weighted by Gasteiger charge is -2.08. The third kappa shape index (κ3) is 3.19. The summed E-state index contributed by atoms with van der Waals surface area (Å²) in [6, 6.07) is 3.01. The van der Waals surface area contributed by atoms with E-state index in [2.05, 4.69) is 20.7 Å². The minimum absolute atomic E-state index is 0.0210. The predicted octanol–water partition coefficient (Wildman–Crippen LogP) is 4.04. The number of hydrogen-bond acceptors (Lipinski definition) is 3. The molecule has 15 heavy (non-hydrogen) atoms. The van der Waals surface area contributed by atoms with Crippen molar-refractivity contribution in [3.05, 3.63) is 27.2 Å². The summed E-state index contributed by atoms with van der Waals surface area (Å²) in [6.45, 7) is 1.34. The zero-order valence-electron chi connectivity index (χ0n) is 7.51. The molecule has 0 aromatic heterocycles. The summed E-state index contributed by atoms with van der Waals surface area (Å²) in [5.74, 6) is -0.293. The normalized spacial score (nSPS) is 9.87. The van der Waals surface area contributed by atoms with Gasteiger partial charge in [-0.15, -0.1) is 0 Å². The van der Waals surface area contributed by atoms with Gasteiger partial charge in [0.2, 0.25) is 0 Å². The van der Waals surface area contributed by atoms with Crippen molar-refractivity contribution in [2.75, 3.05) is 0 Å². The smallest absolute Gasteiger partial charge is 0.409 e. The molecule has 0 spiro atoms. The van der Waals surface area contributed by atoms with Gasteiger partial charge in [-0.05, 0) is 19.1 Å². The summed E-state index contributed by atoms with van der Waals surface area (Å²) in [7, 11) is 0. The molecule has 1 aromatic rings. The molecule has 80 valence electrons. The highest BCUT2D eigenvalue weighted by molar-refractivity contribution is 9.10. The van der Waals surface area contributed by atoms with Crippen molar-refractivity contribution in [1.29, 1.82) is 0 Å². The molecule has 0 atom stereocenters. The van der Waals surface area contributed by atoms with E-state index in [-0.39, 0.29) is 22.1 Å². The Morgan fingerprint density at radius 1 is 1.40 bits per heavy atom. The van der Waals surface area contributed by atoms with Gasteiger partial charge in [0.05, 0.1) is 10.6 Å². The first-order valence-electron chi connectivity index (χ1n) is 3.79. The average molecular weight is 312 g/mol. The summed E-state index contributed by atoms with van der Waals surface area (Å²) in [4.78, 5) is 21.8. The first-order valence-corrected chi connectivity index (χ1v) is 5.34. The highest BCUT2D eigenvalue weighted by atomic mass is 79.9. The molecule has 1 rings (SSSR count). The number of carbonyl (C=O) groups is 2. The Balaban J connectivity index is 3.33. The van der Waals surface area contributed by atoms with Gasteiger partial charge in [0.15, 0.2) is 11.5 Å². The van der Waals surface area contributed by atoms with Gasteiger partial charge in [0.25, 0.3) is 0 Å². The van der Waals surface area contributed by atoms with Crippen LogP contribution in [0.25, 0.3) is 0 Å². The van der Waals surface area contributed by atoms with Gasteiger partial charge in [0, 0.05) is 16.1 Å². The van der Waals surface area contributed by atoms with Crippen LogP contribution in [0.15, 0.2) is 16.6 Å². The fourth-order valence-electron chi connectivity index (χ4n) is 1.01. The van der Waals surface area contributed by atoms with E-state index in [9.17, 15) is 9.59 Å². The van der Waals surface area contributed by atoms with Crippen molar-refractivity contribution in [2.45, 2.75) is 6.92 Å². The van der Waals surface area contributed by atoms with Crippen LogP contribution in [-0.4, -0.2) is 11.2 Å². The Bertz CT molecular complexity index is 432. The van der Waals surface area contributed by atoms with Crippen molar-refractivity contribution in [2.24, 2.45) is 0 Å². The minimum atomic E-state index is -1.04. The van der Waals surface area contributed by atoms with Crippen LogP contribution in [-0.2, 0) is 0 Å². The fraction of sp³-hybridized carbons (Fsp3) is 0.111. The third-order valence-electron chi connectivity index (χ3n) is 1.57. The maximum Gasteiger partial charge on any atom is 0.409 e. The number of carbonyl (C=O) groups excluding carboxylic acids is 2. The predicted molar refractivity (Wildman–Crippen MR) is 61.0 cm³/mol. The maximum absolute atomic E-state index is 11.2. The van der Waals surface area contributed by atoms with Crippen molar-refractivity contribution in [1.82, 2.24) is 0 Å². The molecule has 0 aliphatic heterocycles. The van der Waals surface area contributed by atoms with Crippen molar-refractivity contribution >= 4 is 50.3 Å². The molecule has 6 heteroatoms. The number of ether oxygens (including phenoxy) is 1. The lowest BCUT2D eigenvalue weighted by molar-refractivity contribution is 0.101. The van der Waals surface area contributed by atoms with Crippen LogP contribution in [0.1, 0.15) is 17.3 Å². The maximum atomic E-state index is 11.2. The van der Waals surface area contributed by atoms with E-state index in [0.717, 1.165) is 0 Å². The number of hydrogen-bond donors (Lipinski definition) is 0. The Labute approximate surface area is 104 Å². The molecular weight excluding hydrogens is 307 g/mol. The second-order valence-corrected chi connectivity index (χ2v) is 4.29. The number of benzene rings is 1. The van der Waals surface area contributed by atoms with E-state index in [1.165, 1.54) is 19.1 Å². The van der Waals surface area contributed by atoms with Crippen LogP contribution in [0.4, 0.5) is 4.79 Å². The van der Waals surface area contributed by atoms with Gasteiger partial charge in [0.1, 0.15) is 0 Å². The molecule has 0 saturated heterocycles. The molecule has 1 aromatic carbocycles. The lowest BCUT2D eigenvalue weighted by atomic mass is 10.1. The molecular formula is C9H5BrCl2O3. The van der Waals surface area contributed by atoms with Crippen LogP contribution in [0.2, 0.25) is 5.02 Å². The summed E-state index contributed by atoms with van der Waals surface area (Å²) in [6.07, 6.45) is 0. The summed E-state index contributed by atoms with van der Waals surface area (Å²) in [5.41, 5.74) is -0.843. The van der Waals surface area contributed by atoms with Crippen LogP contribution in [0.5, 0.6) is 5.75 Å². The molecule has 0 fully saturated rings. The van der Waals surface area contributed by atoms with Crippen molar-refractivity contribution in [3.63, 3.8) is 0 Å². The van der Waals surface area contributed by atoms with Gasteiger partial charge >= 0.3 is 5.43 Å². The average Bonchev–Trinajstić information content (AvgIpc) is 2.08. The zero-order valence-corrected chi connectivity index (χ0v) is 10.6. The van der Waals surface area contributed by atoms with Gasteiger partial charge in [-0.25, -0.2) is 4.79 Å². The second-order valence-electron chi connectivity index (χ2n) is 2.66. The molecule has 0 aliphatic carbocycles. The first kappa shape index (κ1) is 12.5. The van der Waals surface area contributed by atoms with E-state index in [1.807, 2.05) is 0 Å². The van der Waals surface area contributed by atoms with E-state index >= 15 is 0 Å². The van der Waals surface area contributed by atoms with E-state index < -0.39 is 5.43 Å². The Morgan fingerprint density at radius 2 is 2.00 bits per heavy atom. The van der Waals surface area contributed by atoms with E-state index in [0.29, 0.717) is 4.47 Å². The van der Waals surface area contributed by atoms with Crippen LogP contribution < -0.4 is 4.74 Å². The molecule has 0 aliphatic rings. The molecule has 3 nitrogen and oxygen atoms in total. The molecule has 0 heterocycles. The highest BCUT2D eigenvalue weighted by Crippen LogP contribution is 2.33. The van der Waals surface area contributed by atoms with Gasteiger partial charge in [-0.2, -0.15) is 0 Å². The SMILES string of the molecule is CC(=O)c1cc(Br)cc(Cl)c1OC(=O)Cl. The summed E-state index contributed by atoms with van der Waals surface area (Å²) < 4.78 is 5.26. The lowest BCUT2D eigenvalue weighted by Crippen LogP contribution is -2.03. The molecule has 0 saturated carbocycles. The Morgan fingerprint density at radius 3 is 2.47 bits per heavy atom. The van der Waals surface area contributed by atoms with Gasteiger partial charge in [-0.1, -0.05) is 27.5 Å². The van der Waals surface area contributed by atoms with Crippen LogP contribution >= 0.6 is 39.1 Å². The Kier molecular flexibility index (Phi) is 4.13. The largest absolute Gasteiger partial charge is 0.412 e. The highest BCUT2D eigenvalue weighted by Gasteiger charge is 2.16. The molecule has 0 bridgehead atoms. The second kappa shape index (κ2) is 4.96. The van der Waals surface area contributed by atoms with Gasteiger partial charge < -0.3 is 4.74 Å². The molecule has 0 amide bonds. The van der Waals surface area contributed by atoms with Gasteiger partial charge in [-0.3, -0.25) is 4.79 Å². The monoisotopic (exact) mass is 310 g/mol. The van der Waals surface area contributed by atoms with Crippen molar-refractivity contribution < 1.29 is 14.3 Å². The number of Topliss-reactive ketones (excluding diaryl/α,β-unsaturated/α-hetero) is 1. The third-order valence-corrected chi connectivity index (χ3v) is 2.39. The zero-order chi connectivity index (χ0) is 11.6. The quantitative estimate of drug-likeness (QED) is 0.611. The standard InChI is InChI=1S/C9H5BrCl2O3/c1-4(13)6-2-5(10)3-7(11)8(6)15-9(12)14/h2-3H,1H3. The number of ketones is 1. The molecule has 0 radical (unpaired) electrons. The van der Waals surface area contributed by atoms with Crippen molar-refractivity contribution in [3.8, 4) is 5.75 Å². The van der Waals surface area contributed by atoms with Crippen LogP contribution in [0, 0.1) is 0 Å². The van der Waals surface area contributed by atoms with Crippen LogP contribution in [0.3, 0.4) is 0 Å². The molecule has 0 unspecified atom stereocenters. The first-order chi connectivity index (χ1) is 6.91. The molecule has 0 N–H and O–H groups in total. The minimum Gasteiger partial charge on any atom is -0.412 e. The fourth-order valence-corrected chi connectivity index (χ4v) is 1.93. The van der Waals surface area contributed by atoms with E-state index in [4.69, 9.17) is 23.2 Å². The summed E-state index contributed by atoms with van der Waals surface area (Å²) in [5, 5.41) is 0.142. The number of rotatable bonds is 2. The number of halogens is 3. The topological polar surface area (TPSA) is 43.4 Å². The summed E-state index contributed by atoms with van der Waals surface area (Å²) >= 11 is 14.0. The Hall–Kier alpha value is -0.580.